The van der Waals surface area contributed by atoms with Crippen molar-refractivity contribution in [1.29, 1.82) is 0 Å². The lowest BCUT2D eigenvalue weighted by atomic mass is 10.1. The molecular weight excluding hydrogens is 228 g/mol. The van der Waals surface area contributed by atoms with Gasteiger partial charge in [-0.05, 0) is 25.2 Å². The fourth-order valence-corrected chi connectivity index (χ4v) is 2.49. The summed E-state index contributed by atoms with van der Waals surface area (Å²) < 4.78 is 5.62. The first-order valence-corrected chi connectivity index (χ1v) is 6.99. The molecule has 1 fully saturated rings. The zero-order valence-corrected chi connectivity index (χ0v) is 11.4. The standard InChI is InChI=1S/C13H24N4O/c1-10(2)7-8-17(11-5-3-4-6-11)13-16-15-12(9-14)18-13/h10-11H,3-9,14H2,1-2H3. The van der Waals surface area contributed by atoms with Gasteiger partial charge >= 0.3 is 6.01 Å². The third-order valence-corrected chi connectivity index (χ3v) is 3.59. The van der Waals surface area contributed by atoms with Crippen LogP contribution in [0.15, 0.2) is 4.42 Å². The van der Waals surface area contributed by atoms with Crippen molar-refractivity contribution in [1.82, 2.24) is 10.2 Å². The highest BCUT2D eigenvalue weighted by atomic mass is 16.4. The molecule has 0 saturated heterocycles. The van der Waals surface area contributed by atoms with Gasteiger partial charge in [-0.2, -0.15) is 0 Å². The van der Waals surface area contributed by atoms with Crippen LogP contribution in [-0.4, -0.2) is 22.8 Å². The molecule has 102 valence electrons. The van der Waals surface area contributed by atoms with Crippen molar-refractivity contribution in [2.45, 2.75) is 58.5 Å². The summed E-state index contributed by atoms with van der Waals surface area (Å²) in [7, 11) is 0. The van der Waals surface area contributed by atoms with Gasteiger partial charge < -0.3 is 15.1 Å². The smallest absolute Gasteiger partial charge is 0.318 e. The van der Waals surface area contributed by atoms with E-state index in [-0.39, 0.29) is 0 Å². The maximum absolute atomic E-state index is 5.62. The summed E-state index contributed by atoms with van der Waals surface area (Å²) in [5.74, 6) is 1.21. The van der Waals surface area contributed by atoms with Crippen molar-refractivity contribution >= 4 is 6.01 Å². The van der Waals surface area contributed by atoms with Gasteiger partial charge in [-0.1, -0.05) is 31.8 Å². The first-order chi connectivity index (χ1) is 8.70. The van der Waals surface area contributed by atoms with Crippen LogP contribution in [0.1, 0.15) is 51.8 Å². The first kappa shape index (κ1) is 13.3. The largest absolute Gasteiger partial charge is 0.407 e. The van der Waals surface area contributed by atoms with Gasteiger partial charge in [0.25, 0.3) is 0 Å². The van der Waals surface area contributed by atoms with Crippen molar-refractivity contribution in [3.8, 4) is 0 Å². The van der Waals surface area contributed by atoms with Gasteiger partial charge in [0.1, 0.15) is 0 Å². The molecule has 0 bridgehead atoms. The summed E-state index contributed by atoms with van der Waals surface area (Å²) in [6.45, 7) is 5.79. The molecule has 5 nitrogen and oxygen atoms in total. The molecule has 1 heterocycles. The summed E-state index contributed by atoms with van der Waals surface area (Å²) in [6, 6.07) is 1.22. The van der Waals surface area contributed by atoms with Gasteiger partial charge in [-0.25, -0.2) is 0 Å². The maximum atomic E-state index is 5.62. The normalized spacial score (nSPS) is 16.7. The molecule has 0 spiro atoms. The number of nitrogens with zero attached hydrogens (tertiary/aromatic N) is 3. The van der Waals surface area contributed by atoms with Crippen molar-refractivity contribution in [3.05, 3.63) is 5.89 Å². The number of rotatable bonds is 6. The quantitative estimate of drug-likeness (QED) is 0.841. The third kappa shape index (κ3) is 3.22. The van der Waals surface area contributed by atoms with E-state index in [0.717, 1.165) is 13.0 Å². The molecule has 0 unspecified atom stereocenters. The molecule has 1 aromatic heterocycles. The molecule has 1 saturated carbocycles. The average molecular weight is 252 g/mol. The van der Waals surface area contributed by atoms with Crippen LogP contribution in [0.4, 0.5) is 6.01 Å². The van der Waals surface area contributed by atoms with Gasteiger partial charge in [0.05, 0.1) is 6.54 Å². The van der Waals surface area contributed by atoms with Crippen molar-refractivity contribution in [3.63, 3.8) is 0 Å². The van der Waals surface area contributed by atoms with Crippen LogP contribution < -0.4 is 10.6 Å². The molecule has 0 radical (unpaired) electrons. The predicted octanol–water partition coefficient (Wildman–Crippen LogP) is 2.32. The fraction of sp³-hybridized carbons (Fsp3) is 0.846. The van der Waals surface area contributed by atoms with Gasteiger partial charge in [0, 0.05) is 12.6 Å². The molecule has 0 aliphatic heterocycles. The first-order valence-electron chi connectivity index (χ1n) is 6.99. The number of hydrogen-bond acceptors (Lipinski definition) is 5. The molecule has 2 N–H and O–H groups in total. The highest BCUT2D eigenvalue weighted by Gasteiger charge is 2.26. The minimum Gasteiger partial charge on any atom is -0.407 e. The minimum absolute atomic E-state index is 0.315. The average Bonchev–Trinajstić information content (AvgIpc) is 2.99. The SMILES string of the molecule is CC(C)CCN(c1nnc(CN)o1)C1CCCC1. The summed E-state index contributed by atoms with van der Waals surface area (Å²) >= 11 is 0. The number of aromatic nitrogens is 2. The Morgan fingerprint density at radius 3 is 2.61 bits per heavy atom. The van der Waals surface area contributed by atoms with E-state index in [4.69, 9.17) is 10.2 Å². The zero-order chi connectivity index (χ0) is 13.0. The van der Waals surface area contributed by atoms with Crippen LogP contribution in [0.3, 0.4) is 0 Å². The van der Waals surface area contributed by atoms with Crippen LogP contribution >= 0.6 is 0 Å². The monoisotopic (exact) mass is 252 g/mol. The van der Waals surface area contributed by atoms with Crippen molar-refractivity contribution in [2.24, 2.45) is 11.7 Å². The van der Waals surface area contributed by atoms with E-state index in [2.05, 4.69) is 28.9 Å². The maximum Gasteiger partial charge on any atom is 0.318 e. The van der Waals surface area contributed by atoms with Crippen LogP contribution in [0.25, 0.3) is 0 Å². The van der Waals surface area contributed by atoms with Crippen molar-refractivity contribution in [2.75, 3.05) is 11.4 Å². The second-order valence-electron chi connectivity index (χ2n) is 5.50. The molecule has 2 rings (SSSR count). The number of hydrogen-bond donors (Lipinski definition) is 1. The second-order valence-corrected chi connectivity index (χ2v) is 5.50. The number of nitrogens with two attached hydrogens (primary N) is 1. The van der Waals surface area contributed by atoms with Crippen LogP contribution in [0.2, 0.25) is 0 Å². The van der Waals surface area contributed by atoms with E-state index in [1.807, 2.05) is 0 Å². The Labute approximate surface area is 109 Å². The summed E-state index contributed by atoms with van der Waals surface area (Å²) in [5, 5.41) is 8.11. The van der Waals surface area contributed by atoms with E-state index < -0.39 is 0 Å². The fourth-order valence-electron chi connectivity index (χ4n) is 2.49. The lowest BCUT2D eigenvalue weighted by Gasteiger charge is -2.27. The molecule has 18 heavy (non-hydrogen) atoms. The minimum atomic E-state index is 0.315. The lowest BCUT2D eigenvalue weighted by molar-refractivity contribution is 0.445. The number of anilines is 1. The zero-order valence-electron chi connectivity index (χ0n) is 11.4. The Morgan fingerprint density at radius 2 is 2.06 bits per heavy atom. The van der Waals surface area contributed by atoms with Crippen LogP contribution in [0.5, 0.6) is 0 Å². The van der Waals surface area contributed by atoms with Gasteiger partial charge in [-0.3, -0.25) is 0 Å². The molecule has 0 aromatic carbocycles. The second kappa shape index (κ2) is 6.18. The molecular formula is C13H24N4O. The van der Waals surface area contributed by atoms with E-state index in [1.54, 1.807) is 0 Å². The molecule has 0 atom stereocenters. The van der Waals surface area contributed by atoms with E-state index in [1.165, 1.54) is 25.7 Å². The third-order valence-electron chi connectivity index (χ3n) is 3.59. The van der Waals surface area contributed by atoms with Gasteiger partial charge in [0.15, 0.2) is 0 Å². The molecule has 1 aliphatic carbocycles. The molecule has 1 aromatic rings. The van der Waals surface area contributed by atoms with E-state index >= 15 is 0 Å². The highest BCUT2D eigenvalue weighted by molar-refractivity contribution is 5.27. The summed E-state index contributed by atoms with van der Waals surface area (Å²) in [6.07, 6.45) is 6.23. The molecule has 5 heteroatoms. The van der Waals surface area contributed by atoms with E-state index in [0.29, 0.717) is 30.4 Å². The highest BCUT2D eigenvalue weighted by Crippen LogP contribution is 2.28. The summed E-state index contributed by atoms with van der Waals surface area (Å²) in [4.78, 5) is 2.29. The topological polar surface area (TPSA) is 68.2 Å². The Balaban J connectivity index is 2.07. The van der Waals surface area contributed by atoms with Gasteiger partial charge in [-0.15, -0.1) is 5.10 Å². The Morgan fingerprint density at radius 1 is 1.33 bits per heavy atom. The Kier molecular flexibility index (Phi) is 4.58. The van der Waals surface area contributed by atoms with Crippen molar-refractivity contribution < 1.29 is 4.42 Å². The summed E-state index contributed by atoms with van der Waals surface area (Å²) in [5.41, 5.74) is 5.52. The molecule has 0 amide bonds. The Bertz CT molecular complexity index is 358. The van der Waals surface area contributed by atoms with E-state index in [9.17, 15) is 0 Å². The molecule has 1 aliphatic rings. The van der Waals surface area contributed by atoms with Crippen LogP contribution in [-0.2, 0) is 6.54 Å². The van der Waals surface area contributed by atoms with Crippen LogP contribution in [0, 0.1) is 5.92 Å². The lowest BCUT2D eigenvalue weighted by Crippen LogP contribution is -2.35. The predicted molar refractivity (Wildman–Crippen MR) is 71.2 cm³/mol. The van der Waals surface area contributed by atoms with Gasteiger partial charge in [0.2, 0.25) is 5.89 Å². The Hall–Kier alpha value is -1.10.